The van der Waals surface area contributed by atoms with Gasteiger partial charge >= 0.3 is 0 Å². The van der Waals surface area contributed by atoms with Crippen LogP contribution in [0, 0.1) is 6.92 Å². The molecule has 0 N–H and O–H groups in total. The summed E-state index contributed by atoms with van der Waals surface area (Å²) in [5.41, 5.74) is 2.01. The van der Waals surface area contributed by atoms with E-state index < -0.39 is 0 Å². The lowest BCUT2D eigenvalue weighted by molar-refractivity contribution is 0.224. The summed E-state index contributed by atoms with van der Waals surface area (Å²) in [6, 6.07) is 16.0. The van der Waals surface area contributed by atoms with Gasteiger partial charge in [0.1, 0.15) is 11.5 Å². The zero-order chi connectivity index (χ0) is 20.8. The summed E-state index contributed by atoms with van der Waals surface area (Å²) in [7, 11) is 1.73. The molecule has 0 bridgehead atoms. The van der Waals surface area contributed by atoms with E-state index in [1.54, 1.807) is 14.0 Å². The predicted molar refractivity (Wildman–Crippen MR) is 116 cm³/mol. The van der Waals surface area contributed by atoms with E-state index in [0.29, 0.717) is 18.4 Å². The lowest BCUT2D eigenvalue weighted by Crippen LogP contribution is -2.46. The summed E-state index contributed by atoms with van der Waals surface area (Å²) in [5.74, 6) is 2.76. The first-order chi connectivity index (χ1) is 14.7. The van der Waals surface area contributed by atoms with Gasteiger partial charge in [-0.3, -0.25) is 4.90 Å². The quantitative estimate of drug-likeness (QED) is 0.527. The van der Waals surface area contributed by atoms with Crippen LogP contribution in [0.1, 0.15) is 12.3 Å². The van der Waals surface area contributed by atoms with Crippen molar-refractivity contribution in [3.05, 3.63) is 54.4 Å². The van der Waals surface area contributed by atoms with E-state index in [9.17, 15) is 0 Å². The molecule has 3 aromatic rings. The van der Waals surface area contributed by atoms with E-state index in [1.807, 2.05) is 36.4 Å². The number of aromatic nitrogens is 2. The minimum Gasteiger partial charge on any atom is -0.495 e. The van der Waals surface area contributed by atoms with Gasteiger partial charge in [0.05, 0.1) is 25.0 Å². The molecular weight excluding hydrogens is 380 g/mol. The van der Waals surface area contributed by atoms with Gasteiger partial charge in [0, 0.05) is 39.6 Å². The van der Waals surface area contributed by atoms with Crippen LogP contribution >= 0.6 is 0 Å². The molecule has 0 aliphatic carbocycles. The molecule has 2 heterocycles. The molecule has 1 aliphatic rings. The second kappa shape index (κ2) is 9.63. The van der Waals surface area contributed by atoms with Crippen LogP contribution in [0.25, 0.3) is 11.5 Å². The Kier molecular flexibility index (Phi) is 6.49. The van der Waals surface area contributed by atoms with Crippen molar-refractivity contribution in [2.75, 3.05) is 51.3 Å². The number of rotatable bonds is 8. The van der Waals surface area contributed by atoms with Crippen molar-refractivity contribution < 1.29 is 13.9 Å². The monoisotopic (exact) mass is 408 g/mol. The van der Waals surface area contributed by atoms with Crippen molar-refractivity contribution in [2.45, 2.75) is 13.3 Å². The van der Waals surface area contributed by atoms with Crippen molar-refractivity contribution in [1.82, 2.24) is 15.1 Å². The third-order valence-corrected chi connectivity index (χ3v) is 5.32. The molecule has 0 unspecified atom stereocenters. The SMILES string of the molecule is COc1ccccc1N1CCN(CCCOc2ccccc2-c2nnc(C)o2)CC1. The third-order valence-electron chi connectivity index (χ3n) is 5.32. The summed E-state index contributed by atoms with van der Waals surface area (Å²) in [4.78, 5) is 4.89. The van der Waals surface area contributed by atoms with Crippen LogP contribution in [0.3, 0.4) is 0 Å². The van der Waals surface area contributed by atoms with E-state index in [1.165, 1.54) is 5.69 Å². The van der Waals surface area contributed by atoms with Crippen molar-refractivity contribution in [3.63, 3.8) is 0 Å². The Bertz CT molecular complexity index is 951. The Balaban J connectivity index is 1.24. The van der Waals surface area contributed by atoms with E-state index in [2.05, 4.69) is 32.1 Å². The minimum absolute atomic E-state index is 0.496. The summed E-state index contributed by atoms with van der Waals surface area (Å²) in [6.07, 6.45) is 0.964. The number of methoxy groups -OCH3 is 1. The van der Waals surface area contributed by atoms with Crippen LogP contribution in [0.15, 0.2) is 52.9 Å². The molecule has 1 aromatic heterocycles. The smallest absolute Gasteiger partial charge is 0.251 e. The topological polar surface area (TPSA) is 63.9 Å². The first-order valence-electron chi connectivity index (χ1n) is 10.4. The van der Waals surface area contributed by atoms with Crippen LogP contribution < -0.4 is 14.4 Å². The molecule has 4 rings (SSSR count). The second-order valence-corrected chi connectivity index (χ2v) is 7.32. The average molecular weight is 409 g/mol. The molecule has 2 aromatic carbocycles. The maximum absolute atomic E-state index is 6.03. The van der Waals surface area contributed by atoms with Crippen LogP contribution in [0.4, 0.5) is 5.69 Å². The highest BCUT2D eigenvalue weighted by molar-refractivity contribution is 5.62. The number of para-hydroxylation sites is 3. The molecule has 0 radical (unpaired) electrons. The maximum atomic E-state index is 6.03. The van der Waals surface area contributed by atoms with Crippen molar-refractivity contribution in [3.8, 4) is 23.0 Å². The van der Waals surface area contributed by atoms with E-state index in [4.69, 9.17) is 13.9 Å². The number of aryl methyl sites for hydroxylation is 1. The predicted octanol–water partition coefficient (Wildman–Crippen LogP) is 3.64. The molecule has 30 heavy (non-hydrogen) atoms. The van der Waals surface area contributed by atoms with Crippen LogP contribution in [-0.4, -0.2) is 61.5 Å². The number of nitrogens with zero attached hydrogens (tertiary/aromatic N) is 4. The summed E-state index contributed by atoms with van der Waals surface area (Å²) < 4.78 is 17.1. The summed E-state index contributed by atoms with van der Waals surface area (Å²) >= 11 is 0. The molecule has 0 amide bonds. The fourth-order valence-corrected chi connectivity index (χ4v) is 3.75. The van der Waals surface area contributed by atoms with Gasteiger partial charge < -0.3 is 18.8 Å². The molecule has 7 heteroatoms. The lowest BCUT2D eigenvalue weighted by Gasteiger charge is -2.36. The van der Waals surface area contributed by atoms with Gasteiger partial charge in [-0.1, -0.05) is 24.3 Å². The molecule has 158 valence electrons. The highest BCUT2D eigenvalue weighted by Crippen LogP contribution is 2.29. The van der Waals surface area contributed by atoms with Gasteiger partial charge in [-0.25, -0.2) is 0 Å². The highest BCUT2D eigenvalue weighted by Gasteiger charge is 2.19. The Hall–Kier alpha value is -3.06. The van der Waals surface area contributed by atoms with Crippen molar-refractivity contribution >= 4 is 5.69 Å². The fraction of sp³-hybridized carbons (Fsp3) is 0.391. The van der Waals surface area contributed by atoms with E-state index >= 15 is 0 Å². The van der Waals surface area contributed by atoms with E-state index in [-0.39, 0.29) is 0 Å². The van der Waals surface area contributed by atoms with Gasteiger partial charge in [0.2, 0.25) is 5.89 Å². The van der Waals surface area contributed by atoms with Crippen molar-refractivity contribution in [2.24, 2.45) is 0 Å². The molecule has 1 saturated heterocycles. The number of benzene rings is 2. The summed E-state index contributed by atoms with van der Waals surface area (Å²) in [6.45, 7) is 7.53. The Morgan fingerprint density at radius 3 is 2.40 bits per heavy atom. The third kappa shape index (κ3) is 4.74. The lowest BCUT2D eigenvalue weighted by atomic mass is 10.2. The van der Waals surface area contributed by atoms with Gasteiger partial charge in [0.25, 0.3) is 5.89 Å². The van der Waals surface area contributed by atoms with Crippen molar-refractivity contribution in [1.29, 1.82) is 0 Å². The number of hydrogen-bond acceptors (Lipinski definition) is 7. The number of hydrogen-bond donors (Lipinski definition) is 0. The fourth-order valence-electron chi connectivity index (χ4n) is 3.75. The maximum Gasteiger partial charge on any atom is 0.251 e. The largest absolute Gasteiger partial charge is 0.495 e. The Labute approximate surface area is 177 Å². The Morgan fingerprint density at radius 2 is 1.67 bits per heavy atom. The first kappa shape index (κ1) is 20.2. The van der Waals surface area contributed by atoms with Gasteiger partial charge in [-0.2, -0.15) is 0 Å². The summed E-state index contributed by atoms with van der Waals surface area (Å²) in [5, 5.41) is 8.01. The first-order valence-corrected chi connectivity index (χ1v) is 10.4. The second-order valence-electron chi connectivity index (χ2n) is 7.32. The van der Waals surface area contributed by atoms with E-state index in [0.717, 1.165) is 56.2 Å². The number of piperazine rings is 1. The van der Waals surface area contributed by atoms with Gasteiger partial charge in [-0.15, -0.1) is 10.2 Å². The zero-order valence-electron chi connectivity index (χ0n) is 17.6. The molecule has 0 saturated carbocycles. The standard InChI is InChI=1S/C23H28N4O3/c1-18-24-25-23(30-18)19-8-3-5-10-21(19)29-17-7-12-26-13-15-27(16-14-26)20-9-4-6-11-22(20)28-2/h3-6,8-11H,7,12-17H2,1-2H3. The molecule has 0 spiro atoms. The molecular formula is C23H28N4O3. The van der Waals surface area contributed by atoms with Gasteiger partial charge in [-0.05, 0) is 30.7 Å². The Morgan fingerprint density at radius 1 is 0.933 bits per heavy atom. The number of ether oxygens (including phenoxy) is 2. The highest BCUT2D eigenvalue weighted by atomic mass is 16.5. The van der Waals surface area contributed by atoms with Crippen LogP contribution in [-0.2, 0) is 0 Å². The minimum atomic E-state index is 0.496. The zero-order valence-corrected chi connectivity index (χ0v) is 17.6. The molecule has 0 atom stereocenters. The molecule has 7 nitrogen and oxygen atoms in total. The van der Waals surface area contributed by atoms with Gasteiger partial charge in [0.15, 0.2) is 0 Å². The number of anilines is 1. The average Bonchev–Trinajstić information content (AvgIpc) is 3.23. The normalized spacial score (nSPS) is 14.7. The molecule has 1 aliphatic heterocycles. The molecule has 1 fully saturated rings. The van der Waals surface area contributed by atoms with Crippen LogP contribution in [0.5, 0.6) is 11.5 Å². The van der Waals surface area contributed by atoms with Crippen LogP contribution in [0.2, 0.25) is 0 Å².